The lowest BCUT2D eigenvalue weighted by Gasteiger charge is -2.10. The van der Waals surface area contributed by atoms with E-state index >= 15 is 0 Å². The molecule has 0 radical (unpaired) electrons. The number of rotatable bonds is 7. The molecule has 0 bridgehead atoms. The van der Waals surface area contributed by atoms with Crippen molar-refractivity contribution in [1.82, 2.24) is 4.90 Å². The van der Waals surface area contributed by atoms with E-state index in [2.05, 4.69) is 6.58 Å². The Bertz CT molecular complexity index is 418. The van der Waals surface area contributed by atoms with E-state index in [1.165, 1.54) is 0 Å². The van der Waals surface area contributed by atoms with Crippen molar-refractivity contribution < 1.29 is 13.5 Å². The third-order valence-electron chi connectivity index (χ3n) is 2.25. The second-order valence-corrected chi connectivity index (χ2v) is 3.87. The van der Waals surface area contributed by atoms with Gasteiger partial charge >= 0.3 is 0 Å². The first-order valence-corrected chi connectivity index (χ1v) is 5.65. The number of hydrogen-bond acceptors (Lipinski definition) is 2. The van der Waals surface area contributed by atoms with Crippen LogP contribution in [0.25, 0.3) is 0 Å². The summed E-state index contributed by atoms with van der Waals surface area (Å²) in [6, 6.07) is 3.14. The number of halogens is 2. The van der Waals surface area contributed by atoms with E-state index in [9.17, 15) is 8.78 Å². The van der Waals surface area contributed by atoms with Gasteiger partial charge in [0.15, 0.2) is 11.6 Å². The van der Waals surface area contributed by atoms with Crippen LogP contribution in [0, 0.1) is 11.6 Å². The van der Waals surface area contributed by atoms with Crippen molar-refractivity contribution in [3.63, 3.8) is 0 Å². The van der Waals surface area contributed by atoms with Gasteiger partial charge < -0.3 is 4.74 Å². The number of likely N-dealkylation sites (N-methyl/N-ethyl adjacent to an activating group) is 1. The molecule has 18 heavy (non-hydrogen) atoms. The minimum Gasteiger partial charge on any atom is -0.486 e. The predicted molar refractivity (Wildman–Crippen MR) is 68.7 cm³/mol. The molecule has 0 unspecified atom stereocenters. The third kappa shape index (κ3) is 5.10. The van der Waals surface area contributed by atoms with E-state index in [-0.39, 0.29) is 12.4 Å². The summed E-state index contributed by atoms with van der Waals surface area (Å²) in [4.78, 5) is 2.05. The van der Waals surface area contributed by atoms with Crippen LogP contribution in [-0.4, -0.2) is 31.6 Å². The van der Waals surface area contributed by atoms with Gasteiger partial charge in [-0.25, -0.2) is 8.78 Å². The topological polar surface area (TPSA) is 12.5 Å². The van der Waals surface area contributed by atoms with Gasteiger partial charge in [0.05, 0.1) is 0 Å². The number of benzene rings is 1. The highest BCUT2D eigenvalue weighted by atomic mass is 19.1. The van der Waals surface area contributed by atoms with Gasteiger partial charge in [-0.05, 0) is 19.2 Å². The van der Waals surface area contributed by atoms with Gasteiger partial charge in [-0.2, -0.15) is 0 Å². The molecule has 2 nitrogen and oxygen atoms in total. The quantitative estimate of drug-likeness (QED) is 0.693. The zero-order chi connectivity index (χ0) is 13.4. The minimum absolute atomic E-state index is 0.0703. The van der Waals surface area contributed by atoms with Gasteiger partial charge in [0.1, 0.15) is 12.4 Å². The predicted octanol–water partition coefficient (Wildman–Crippen LogP) is 3.02. The van der Waals surface area contributed by atoms with E-state index < -0.39 is 11.6 Å². The van der Waals surface area contributed by atoms with Crippen molar-refractivity contribution in [3.05, 3.63) is 54.6 Å². The van der Waals surface area contributed by atoms with Gasteiger partial charge in [0.25, 0.3) is 0 Å². The first kappa shape index (κ1) is 14.4. The summed E-state index contributed by atoms with van der Waals surface area (Å²) < 4.78 is 31.1. The van der Waals surface area contributed by atoms with Crippen molar-refractivity contribution in [2.24, 2.45) is 0 Å². The maximum Gasteiger partial charge on any atom is 0.165 e. The minimum atomic E-state index is -0.562. The van der Waals surface area contributed by atoms with Gasteiger partial charge in [0, 0.05) is 19.2 Å². The van der Waals surface area contributed by atoms with Gasteiger partial charge in [0.2, 0.25) is 0 Å². The monoisotopic (exact) mass is 253 g/mol. The zero-order valence-corrected chi connectivity index (χ0v) is 10.4. The lowest BCUT2D eigenvalue weighted by molar-refractivity contribution is 0.337. The molecule has 0 heterocycles. The van der Waals surface area contributed by atoms with Crippen LogP contribution in [0.5, 0.6) is 5.75 Å². The van der Waals surface area contributed by atoms with Crippen LogP contribution in [0.2, 0.25) is 0 Å². The van der Waals surface area contributed by atoms with Crippen LogP contribution in [0.4, 0.5) is 8.78 Å². The highest BCUT2D eigenvalue weighted by Gasteiger charge is 2.03. The van der Waals surface area contributed by atoms with Crippen molar-refractivity contribution in [1.29, 1.82) is 0 Å². The fourth-order valence-electron chi connectivity index (χ4n) is 1.34. The molecule has 0 aliphatic heterocycles. The fourth-order valence-corrected chi connectivity index (χ4v) is 1.34. The summed E-state index contributed by atoms with van der Waals surface area (Å²) in [5, 5.41) is 0. The van der Waals surface area contributed by atoms with Gasteiger partial charge in [-0.15, -0.1) is 6.58 Å². The second kappa shape index (κ2) is 7.61. The highest BCUT2D eigenvalue weighted by molar-refractivity contribution is 5.25. The molecule has 0 amide bonds. The molecule has 0 fully saturated rings. The highest BCUT2D eigenvalue weighted by Crippen LogP contribution is 2.17. The SMILES string of the molecule is C=CCN(C)CC=CCOc1cc(F)ccc1F. The number of hydrogen-bond donors (Lipinski definition) is 0. The van der Waals surface area contributed by atoms with E-state index in [0.29, 0.717) is 0 Å². The van der Waals surface area contributed by atoms with Crippen LogP contribution in [-0.2, 0) is 0 Å². The Labute approximate surface area is 106 Å². The maximum absolute atomic E-state index is 13.2. The molecule has 0 saturated carbocycles. The molecule has 0 N–H and O–H groups in total. The van der Waals surface area contributed by atoms with E-state index in [4.69, 9.17) is 4.74 Å². The summed E-state index contributed by atoms with van der Waals surface area (Å²) in [5.41, 5.74) is 0. The average Bonchev–Trinajstić information content (AvgIpc) is 2.33. The molecule has 0 aliphatic carbocycles. The molecule has 1 aromatic rings. The molecule has 0 aliphatic rings. The van der Waals surface area contributed by atoms with Crippen molar-refractivity contribution in [2.45, 2.75) is 0 Å². The zero-order valence-electron chi connectivity index (χ0n) is 10.4. The van der Waals surface area contributed by atoms with E-state index in [0.717, 1.165) is 31.3 Å². The van der Waals surface area contributed by atoms with Crippen LogP contribution in [0.1, 0.15) is 0 Å². The lowest BCUT2D eigenvalue weighted by Crippen LogP contribution is -2.17. The number of nitrogens with zero attached hydrogens (tertiary/aromatic N) is 1. The molecule has 0 atom stereocenters. The van der Waals surface area contributed by atoms with Crippen LogP contribution in [0.15, 0.2) is 43.0 Å². The Kier molecular flexibility index (Phi) is 6.08. The van der Waals surface area contributed by atoms with E-state index in [1.54, 1.807) is 6.08 Å². The summed E-state index contributed by atoms with van der Waals surface area (Å²) in [7, 11) is 1.96. The van der Waals surface area contributed by atoms with Gasteiger partial charge in [-0.3, -0.25) is 4.90 Å². The first-order chi connectivity index (χ1) is 8.63. The van der Waals surface area contributed by atoms with Crippen LogP contribution < -0.4 is 4.74 Å². The summed E-state index contributed by atoms with van der Waals surface area (Å²) in [6.45, 7) is 5.39. The van der Waals surface area contributed by atoms with Gasteiger partial charge in [-0.1, -0.05) is 18.2 Å². The largest absolute Gasteiger partial charge is 0.486 e. The lowest BCUT2D eigenvalue weighted by atomic mass is 10.3. The Morgan fingerprint density at radius 2 is 2.06 bits per heavy atom. The molecule has 98 valence electrons. The fraction of sp³-hybridized carbons (Fsp3) is 0.286. The summed E-state index contributed by atoms with van der Waals surface area (Å²) in [6.07, 6.45) is 5.48. The van der Waals surface area contributed by atoms with Crippen molar-refractivity contribution in [2.75, 3.05) is 26.7 Å². The van der Waals surface area contributed by atoms with Crippen molar-refractivity contribution in [3.8, 4) is 5.75 Å². The molecule has 4 heteroatoms. The Morgan fingerprint density at radius 1 is 1.28 bits per heavy atom. The number of ether oxygens (including phenoxy) is 1. The normalized spacial score (nSPS) is 11.1. The molecular formula is C14H17F2NO. The maximum atomic E-state index is 13.2. The molecule has 0 spiro atoms. The standard InChI is InChI=1S/C14H17F2NO/c1-3-8-17(2)9-4-5-10-18-14-11-12(15)6-7-13(14)16/h3-7,11H,1,8-10H2,2H3. The Balaban J connectivity index is 2.35. The molecule has 1 rings (SSSR count). The first-order valence-electron chi connectivity index (χ1n) is 5.65. The summed E-state index contributed by atoms with van der Waals surface area (Å²) >= 11 is 0. The third-order valence-corrected chi connectivity index (χ3v) is 2.25. The molecule has 0 aromatic heterocycles. The summed E-state index contributed by atoms with van der Waals surface area (Å²) in [5.74, 6) is -1.14. The average molecular weight is 253 g/mol. The van der Waals surface area contributed by atoms with Crippen LogP contribution >= 0.6 is 0 Å². The smallest absolute Gasteiger partial charge is 0.165 e. The molecule has 1 aromatic carbocycles. The van der Waals surface area contributed by atoms with E-state index in [1.807, 2.05) is 24.1 Å². The second-order valence-electron chi connectivity index (χ2n) is 3.87. The Hall–Kier alpha value is -1.68. The van der Waals surface area contributed by atoms with Crippen molar-refractivity contribution >= 4 is 0 Å². The van der Waals surface area contributed by atoms with Crippen LogP contribution in [0.3, 0.4) is 0 Å². The Morgan fingerprint density at radius 3 is 2.78 bits per heavy atom. The molecule has 0 saturated heterocycles. The molecular weight excluding hydrogens is 236 g/mol.